The predicted molar refractivity (Wildman–Crippen MR) is 86.4 cm³/mol. The van der Waals surface area contributed by atoms with E-state index in [4.69, 9.17) is 16.3 Å². The van der Waals surface area contributed by atoms with Crippen LogP contribution in [0, 0.1) is 5.92 Å². The maximum Gasteiger partial charge on any atom is 0.310 e. The van der Waals surface area contributed by atoms with E-state index >= 15 is 0 Å². The number of esters is 1. The van der Waals surface area contributed by atoms with Gasteiger partial charge in [-0.05, 0) is 37.5 Å². The third-order valence-corrected chi connectivity index (χ3v) is 4.01. The number of carbonyl (C=O) groups is 2. The molecule has 1 aliphatic heterocycles. The summed E-state index contributed by atoms with van der Waals surface area (Å²) in [6.07, 6.45) is 4.80. The number of benzene rings is 1. The fourth-order valence-corrected chi connectivity index (χ4v) is 2.71. The summed E-state index contributed by atoms with van der Waals surface area (Å²) in [5.74, 6) is -0.532. The standard InChI is InChI=1S/C17H20ClNO3/c1-2-22-17(21)14-7-5-11-19(12-14)16(20)10-9-13-6-3-4-8-15(13)18/h3-4,6,8-10,14H,2,5,7,11-12H2,1H3. The van der Waals surface area contributed by atoms with Crippen molar-refractivity contribution in [2.75, 3.05) is 19.7 Å². The molecule has 1 aromatic rings. The molecule has 0 spiro atoms. The minimum Gasteiger partial charge on any atom is -0.466 e. The van der Waals surface area contributed by atoms with Crippen LogP contribution in [0.25, 0.3) is 6.08 Å². The summed E-state index contributed by atoms with van der Waals surface area (Å²) in [6, 6.07) is 7.34. The van der Waals surface area contributed by atoms with Gasteiger partial charge in [-0.1, -0.05) is 29.8 Å². The molecule has 0 aromatic heterocycles. The van der Waals surface area contributed by atoms with E-state index in [-0.39, 0.29) is 17.8 Å². The lowest BCUT2D eigenvalue weighted by Crippen LogP contribution is -2.42. The highest BCUT2D eigenvalue weighted by atomic mass is 35.5. The SMILES string of the molecule is CCOC(=O)C1CCCN(C(=O)C=Cc2ccccc2Cl)C1. The lowest BCUT2D eigenvalue weighted by molar-refractivity contribution is -0.150. The molecule has 1 fully saturated rings. The van der Waals surface area contributed by atoms with E-state index in [0.29, 0.717) is 24.7 Å². The number of rotatable bonds is 4. The highest BCUT2D eigenvalue weighted by Crippen LogP contribution is 2.19. The topological polar surface area (TPSA) is 46.6 Å². The Hall–Kier alpha value is -1.81. The molecule has 4 nitrogen and oxygen atoms in total. The third kappa shape index (κ3) is 4.34. The highest BCUT2D eigenvalue weighted by Gasteiger charge is 2.28. The lowest BCUT2D eigenvalue weighted by Gasteiger charge is -2.30. The van der Waals surface area contributed by atoms with Crippen molar-refractivity contribution in [3.8, 4) is 0 Å². The first-order valence-corrected chi connectivity index (χ1v) is 7.87. The van der Waals surface area contributed by atoms with Gasteiger partial charge in [0.2, 0.25) is 5.91 Å². The van der Waals surface area contributed by atoms with Gasteiger partial charge in [-0.15, -0.1) is 0 Å². The van der Waals surface area contributed by atoms with Crippen LogP contribution in [-0.2, 0) is 14.3 Å². The van der Waals surface area contributed by atoms with E-state index in [1.54, 1.807) is 24.0 Å². The molecule has 1 aromatic carbocycles. The third-order valence-electron chi connectivity index (χ3n) is 3.66. The Balaban J connectivity index is 1.97. The lowest BCUT2D eigenvalue weighted by atomic mass is 9.98. The van der Waals surface area contributed by atoms with Gasteiger partial charge in [-0.2, -0.15) is 0 Å². The van der Waals surface area contributed by atoms with Gasteiger partial charge in [0, 0.05) is 24.2 Å². The Bertz CT molecular complexity index is 571. The number of piperidine rings is 1. The number of carbonyl (C=O) groups excluding carboxylic acids is 2. The number of ether oxygens (including phenoxy) is 1. The second-order valence-electron chi connectivity index (χ2n) is 5.23. The largest absolute Gasteiger partial charge is 0.466 e. The van der Waals surface area contributed by atoms with Gasteiger partial charge >= 0.3 is 5.97 Å². The van der Waals surface area contributed by atoms with Crippen LogP contribution in [0.5, 0.6) is 0 Å². The minimum atomic E-state index is -0.216. The molecular weight excluding hydrogens is 302 g/mol. The number of likely N-dealkylation sites (tertiary alicyclic amines) is 1. The van der Waals surface area contributed by atoms with Crippen LogP contribution in [-0.4, -0.2) is 36.5 Å². The van der Waals surface area contributed by atoms with Crippen LogP contribution in [0.15, 0.2) is 30.3 Å². The van der Waals surface area contributed by atoms with E-state index in [0.717, 1.165) is 18.4 Å². The Morgan fingerprint density at radius 3 is 2.91 bits per heavy atom. The molecule has 5 heteroatoms. The van der Waals surface area contributed by atoms with Crippen LogP contribution in [0.1, 0.15) is 25.3 Å². The van der Waals surface area contributed by atoms with Crippen LogP contribution >= 0.6 is 11.6 Å². The Morgan fingerprint density at radius 2 is 2.18 bits per heavy atom. The summed E-state index contributed by atoms with van der Waals surface area (Å²) in [5, 5.41) is 0.606. The van der Waals surface area contributed by atoms with Crippen molar-refractivity contribution in [1.82, 2.24) is 4.90 Å². The van der Waals surface area contributed by atoms with Crippen LogP contribution in [0.3, 0.4) is 0 Å². The van der Waals surface area contributed by atoms with E-state index < -0.39 is 0 Å². The second-order valence-corrected chi connectivity index (χ2v) is 5.64. The first-order chi connectivity index (χ1) is 10.6. The van der Waals surface area contributed by atoms with E-state index in [9.17, 15) is 9.59 Å². The fraction of sp³-hybridized carbons (Fsp3) is 0.412. The van der Waals surface area contributed by atoms with Crippen LogP contribution in [0.2, 0.25) is 5.02 Å². The summed E-state index contributed by atoms with van der Waals surface area (Å²) in [5.41, 5.74) is 0.802. The number of nitrogens with zero attached hydrogens (tertiary/aromatic N) is 1. The molecule has 22 heavy (non-hydrogen) atoms. The van der Waals surface area contributed by atoms with Crippen LogP contribution < -0.4 is 0 Å². The molecule has 1 atom stereocenters. The zero-order valence-electron chi connectivity index (χ0n) is 12.6. The maximum absolute atomic E-state index is 12.3. The maximum atomic E-state index is 12.3. The summed E-state index contributed by atoms with van der Waals surface area (Å²) in [7, 11) is 0. The van der Waals surface area contributed by atoms with E-state index in [2.05, 4.69) is 0 Å². The first-order valence-electron chi connectivity index (χ1n) is 7.50. The van der Waals surface area contributed by atoms with Gasteiger partial charge in [0.15, 0.2) is 0 Å². The zero-order chi connectivity index (χ0) is 15.9. The monoisotopic (exact) mass is 321 g/mol. The predicted octanol–water partition coefficient (Wildman–Crippen LogP) is 3.15. The van der Waals surface area contributed by atoms with Crippen molar-refractivity contribution in [3.63, 3.8) is 0 Å². The number of amides is 1. The molecule has 1 amide bonds. The molecular formula is C17H20ClNO3. The summed E-state index contributed by atoms with van der Waals surface area (Å²) in [4.78, 5) is 25.7. The molecule has 1 unspecified atom stereocenters. The molecule has 0 aliphatic carbocycles. The van der Waals surface area contributed by atoms with Crippen molar-refractivity contribution >= 4 is 29.6 Å². The normalized spacial score (nSPS) is 18.5. The molecule has 1 aliphatic rings. The summed E-state index contributed by atoms with van der Waals surface area (Å²) in [6.45, 7) is 3.25. The molecule has 0 saturated carbocycles. The van der Waals surface area contributed by atoms with Gasteiger partial charge < -0.3 is 9.64 Å². The average molecular weight is 322 g/mol. The van der Waals surface area contributed by atoms with E-state index in [1.165, 1.54) is 6.08 Å². The second kappa shape index (κ2) is 7.99. The van der Waals surface area contributed by atoms with Crippen molar-refractivity contribution in [3.05, 3.63) is 40.9 Å². The van der Waals surface area contributed by atoms with Crippen molar-refractivity contribution in [2.45, 2.75) is 19.8 Å². The van der Waals surface area contributed by atoms with Crippen molar-refractivity contribution < 1.29 is 14.3 Å². The minimum absolute atomic E-state index is 0.103. The van der Waals surface area contributed by atoms with E-state index in [1.807, 2.05) is 18.2 Å². The van der Waals surface area contributed by atoms with Gasteiger partial charge in [-0.3, -0.25) is 9.59 Å². The molecule has 118 valence electrons. The fourth-order valence-electron chi connectivity index (χ4n) is 2.51. The Labute approximate surface area is 135 Å². The molecule has 1 heterocycles. The average Bonchev–Trinajstić information content (AvgIpc) is 2.54. The highest BCUT2D eigenvalue weighted by molar-refractivity contribution is 6.32. The molecule has 2 rings (SSSR count). The Kier molecular flexibility index (Phi) is 6.01. The van der Waals surface area contributed by atoms with Crippen LogP contribution in [0.4, 0.5) is 0 Å². The quantitative estimate of drug-likeness (QED) is 0.632. The van der Waals surface area contributed by atoms with Gasteiger partial charge in [0.1, 0.15) is 0 Å². The molecule has 0 radical (unpaired) electrons. The number of halogens is 1. The van der Waals surface area contributed by atoms with Gasteiger partial charge in [0.25, 0.3) is 0 Å². The molecule has 0 N–H and O–H groups in total. The number of hydrogen-bond donors (Lipinski definition) is 0. The smallest absolute Gasteiger partial charge is 0.310 e. The number of hydrogen-bond acceptors (Lipinski definition) is 3. The van der Waals surface area contributed by atoms with Crippen molar-refractivity contribution in [2.24, 2.45) is 5.92 Å². The summed E-state index contributed by atoms with van der Waals surface area (Å²) < 4.78 is 5.04. The molecule has 1 saturated heterocycles. The zero-order valence-corrected chi connectivity index (χ0v) is 13.4. The first kappa shape index (κ1) is 16.6. The van der Waals surface area contributed by atoms with Gasteiger partial charge in [0.05, 0.1) is 12.5 Å². The Morgan fingerprint density at radius 1 is 1.41 bits per heavy atom. The van der Waals surface area contributed by atoms with Gasteiger partial charge in [-0.25, -0.2) is 0 Å². The molecule has 0 bridgehead atoms. The summed E-state index contributed by atoms with van der Waals surface area (Å²) >= 11 is 6.06. The van der Waals surface area contributed by atoms with Crippen molar-refractivity contribution in [1.29, 1.82) is 0 Å².